The number of amides is 1. The molecular formula is C23H29N5OS. The van der Waals surface area contributed by atoms with Gasteiger partial charge in [0.2, 0.25) is 0 Å². The van der Waals surface area contributed by atoms with Gasteiger partial charge in [-0.15, -0.1) is 11.3 Å². The van der Waals surface area contributed by atoms with Crippen LogP contribution in [0.15, 0.2) is 41.9 Å². The first-order chi connectivity index (χ1) is 14.7. The Balaban J connectivity index is 1.40. The third-order valence-electron chi connectivity index (χ3n) is 6.50. The maximum Gasteiger partial charge on any atom is 0.274 e. The highest BCUT2D eigenvalue weighted by Gasteiger charge is 2.30. The van der Waals surface area contributed by atoms with Gasteiger partial charge >= 0.3 is 0 Å². The van der Waals surface area contributed by atoms with Gasteiger partial charge in [0.1, 0.15) is 0 Å². The summed E-state index contributed by atoms with van der Waals surface area (Å²) in [6, 6.07) is 11.1. The fourth-order valence-electron chi connectivity index (χ4n) is 4.72. The number of hydrogen-bond acceptors (Lipinski definition) is 5. The second kappa shape index (κ2) is 8.49. The van der Waals surface area contributed by atoms with E-state index in [1.807, 2.05) is 4.90 Å². The molecule has 6 nitrogen and oxygen atoms in total. The Morgan fingerprint density at radius 2 is 1.90 bits per heavy atom. The number of carbonyl (C=O) groups excluding carboxylic acids is 1. The average molecular weight is 424 g/mol. The third kappa shape index (κ3) is 3.77. The zero-order valence-electron chi connectivity index (χ0n) is 17.5. The van der Waals surface area contributed by atoms with Crippen molar-refractivity contribution in [2.24, 2.45) is 0 Å². The lowest BCUT2D eigenvalue weighted by Crippen LogP contribution is -2.46. The number of carbonyl (C=O) groups is 1. The number of likely N-dealkylation sites (tertiary alicyclic amines) is 1. The summed E-state index contributed by atoms with van der Waals surface area (Å²) in [4.78, 5) is 25.9. The molecule has 1 atom stereocenters. The van der Waals surface area contributed by atoms with Gasteiger partial charge in [0, 0.05) is 56.9 Å². The number of nitrogens with zero attached hydrogens (tertiary/aromatic N) is 5. The maximum absolute atomic E-state index is 13.3. The number of aromatic nitrogens is 2. The van der Waals surface area contributed by atoms with Gasteiger partial charge in [-0.25, -0.2) is 4.98 Å². The van der Waals surface area contributed by atoms with Crippen LogP contribution in [-0.4, -0.2) is 69.8 Å². The Morgan fingerprint density at radius 3 is 2.70 bits per heavy atom. The van der Waals surface area contributed by atoms with Gasteiger partial charge in [-0.1, -0.05) is 30.3 Å². The molecule has 3 aromatic rings. The highest BCUT2D eigenvalue weighted by molar-refractivity contribution is 7.15. The summed E-state index contributed by atoms with van der Waals surface area (Å²) in [7, 11) is 2.20. The molecule has 2 fully saturated rings. The molecule has 0 unspecified atom stereocenters. The predicted octanol–water partition coefficient (Wildman–Crippen LogP) is 3.51. The maximum atomic E-state index is 13.3. The van der Waals surface area contributed by atoms with Crippen LogP contribution in [0.4, 0.5) is 0 Å². The molecule has 5 rings (SSSR count). The molecule has 2 saturated heterocycles. The summed E-state index contributed by atoms with van der Waals surface area (Å²) in [6.45, 7) is 5.43. The normalized spacial score (nSPS) is 21.4. The number of thiazole rings is 1. The van der Waals surface area contributed by atoms with E-state index in [1.165, 1.54) is 12.0 Å². The van der Waals surface area contributed by atoms with Crippen LogP contribution in [0.2, 0.25) is 0 Å². The first kappa shape index (κ1) is 19.7. The minimum atomic E-state index is 0.106. The van der Waals surface area contributed by atoms with Gasteiger partial charge in [0.15, 0.2) is 10.7 Å². The van der Waals surface area contributed by atoms with Gasteiger partial charge in [0.25, 0.3) is 5.91 Å². The smallest absolute Gasteiger partial charge is 0.274 e. The van der Waals surface area contributed by atoms with Crippen LogP contribution in [-0.2, 0) is 6.54 Å². The first-order valence-corrected chi connectivity index (χ1v) is 11.8. The Hall–Kier alpha value is -2.22. The summed E-state index contributed by atoms with van der Waals surface area (Å²) < 4.78 is 2.12. The summed E-state index contributed by atoms with van der Waals surface area (Å²) in [5, 5.41) is 2.05. The van der Waals surface area contributed by atoms with Crippen molar-refractivity contribution in [3.8, 4) is 0 Å². The molecule has 0 spiro atoms. The monoisotopic (exact) mass is 423 g/mol. The van der Waals surface area contributed by atoms with Crippen LogP contribution in [0.3, 0.4) is 0 Å². The molecule has 0 radical (unpaired) electrons. The van der Waals surface area contributed by atoms with E-state index in [9.17, 15) is 4.79 Å². The van der Waals surface area contributed by atoms with Crippen molar-refractivity contribution in [1.82, 2.24) is 24.1 Å². The molecule has 2 aliphatic rings. The number of hydrogen-bond donors (Lipinski definition) is 0. The number of piperidine rings is 1. The zero-order valence-corrected chi connectivity index (χ0v) is 18.4. The molecule has 30 heavy (non-hydrogen) atoms. The van der Waals surface area contributed by atoms with Crippen molar-refractivity contribution in [3.63, 3.8) is 0 Å². The lowest BCUT2D eigenvalue weighted by atomic mass is 10.0. The molecule has 0 saturated carbocycles. The van der Waals surface area contributed by atoms with E-state index >= 15 is 0 Å². The second-order valence-corrected chi connectivity index (χ2v) is 9.33. The first-order valence-electron chi connectivity index (χ1n) is 10.9. The fourth-order valence-corrected chi connectivity index (χ4v) is 5.46. The summed E-state index contributed by atoms with van der Waals surface area (Å²) >= 11 is 1.60. The van der Waals surface area contributed by atoms with E-state index in [0.29, 0.717) is 11.7 Å². The van der Waals surface area contributed by atoms with Crippen molar-refractivity contribution in [3.05, 3.63) is 58.9 Å². The Labute approximate surface area is 181 Å². The number of likely N-dealkylation sites (N-methyl/N-ethyl adjacent to an activating group) is 1. The Bertz CT molecular complexity index is 1010. The molecule has 7 heteroatoms. The number of rotatable bonds is 4. The van der Waals surface area contributed by atoms with E-state index in [-0.39, 0.29) is 5.91 Å². The van der Waals surface area contributed by atoms with Crippen LogP contribution in [0.1, 0.15) is 47.1 Å². The van der Waals surface area contributed by atoms with Crippen LogP contribution in [0.5, 0.6) is 0 Å². The molecule has 158 valence electrons. The molecule has 2 aromatic heterocycles. The lowest BCUT2D eigenvalue weighted by Gasteiger charge is -2.39. The van der Waals surface area contributed by atoms with Crippen LogP contribution >= 0.6 is 11.3 Å². The van der Waals surface area contributed by atoms with Crippen molar-refractivity contribution in [2.75, 3.05) is 39.8 Å². The molecule has 0 aliphatic carbocycles. The second-order valence-electron chi connectivity index (χ2n) is 8.46. The molecule has 1 aromatic carbocycles. The highest BCUT2D eigenvalue weighted by atomic mass is 32.1. The summed E-state index contributed by atoms with van der Waals surface area (Å²) in [6.07, 6.45) is 5.47. The van der Waals surface area contributed by atoms with Gasteiger partial charge < -0.3 is 4.90 Å². The van der Waals surface area contributed by atoms with Crippen molar-refractivity contribution in [2.45, 2.75) is 31.8 Å². The Kier molecular flexibility index (Phi) is 5.58. The predicted molar refractivity (Wildman–Crippen MR) is 120 cm³/mol. The third-order valence-corrected chi connectivity index (χ3v) is 7.25. The van der Waals surface area contributed by atoms with E-state index in [1.54, 1.807) is 11.3 Å². The molecular weight excluding hydrogens is 394 g/mol. The fraction of sp³-hybridized carbons (Fsp3) is 0.478. The molecule has 4 heterocycles. The van der Waals surface area contributed by atoms with Crippen molar-refractivity contribution >= 4 is 22.2 Å². The summed E-state index contributed by atoms with van der Waals surface area (Å²) in [5.41, 5.74) is 3.04. The van der Waals surface area contributed by atoms with Gasteiger partial charge in [0.05, 0.1) is 5.69 Å². The van der Waals surface area contributed by atoms with Crippen LogP contribution < -0.4 is 0 Å². The van der Waals surface area contributed by atoms with Crippen molar-refractivity contribution < 1.29 is 4.79 Å². The molecule has 0 N–H and O–H groups in total. The van der Waals surface area contributed by atoms with Gasteiger partial charge in [-0.05, 0) is 31.9 Å². The molecule has 2 aliphatic heterocycles. The molecule has 0 bridgehead atoms. The highest BCUT2D eigenvalue weighted by Crippen LogP contribution is 2.27. The average Bonchev–Trinajstić information content (AvgIpc) is 3.38. The van der Waals surface area contributed by atoms with E-state index < -0.39 is 0 Å². The zero-order chi connectivity index (χ0) is 20.5. The van der Waals surface area contributed by atoms with E-state index in [4.69, 9.17) is 4.98 Å². The standard InChI is InChI=1S/C23H29N5OS/c1-25-12-13-26(16-19(25)18-8-4-2-5-9-18)17-20-21(24-23-28(20)14-15-30-23)22(29)27-10-6-3-7-11-27/h2,4-5,8-9,14-15,19H,3,6-7,10-13,16-17H2,1H3/t19-/m0/s1. The topological polar surface area (TPSA) is 44.1 Å². The number of fused-ring (bicyclic) bond motifs is 1. The number of imidazole rings is 1. The van der Waals surface area contributed by atoms with E-state index in [0.717, 1.165) is 62.8 Å². The van der Waals surface area contributed by atoms with Crippen molar-refractivity contribution in [1.29, 1.82) is 0 Å². The van der Waals surface area contributed by atoms with Gasteiger partial charge in [-0.3, -0.25) is 19.0 Å². The minimum absolute atomic E-state index is 0.106. The quantitative estimate of drug-likeness (QED) is 0.644. The number of piperazine rings is 1. The number of benzene rings is 1. The van der Waals surface area contributed by atoms with E-state index in [2.05, 4.69) is 63.2 Å². The SMILES string of the molecule is CN1CCN(Cc2c(C(=O)N3CCCCC3)nc3sccn23)C[C@H]1c1ccccc1. The molecule has 1 amide bonds. The van der Waals surface area contributed by atoms with Gasteiger partial charge in [-0.2, -0.15) is 0 Å². The van der Waals surface area contributed by atoms with Crippen LogP contribution in [0.25, 0.3) is 4.96 Å². The van der Waals surface area contributed by atoms with Crippen LogP contribution in [0, 0.1) is 0 Å². The summed E-state index contributed by atoms with van der Waals surface area (Å²) in [5.74, 6) is 0.106. The minimum Gasteiger partial charge on any atom is -0.337 e. The largest absolute Gasteiger partial charge is 0.337 e. The lowest BCUT2D eigenvalue weighted by molar-refractivity contribution is 0.0709. The Morgan fingerprint density at radius 1 is 1.10 bits per heavy atom.